The van der Waals surface area contributed by atoms with Crippen molar-refractivity contribution in [2.75, 3.05) is 44.0 Å². The maximum absolute atomic E-state index is 12.1. The molecule has 3 aromatic rings. The average Bonchev–Trinajstić information content (AvgIpc) is 2.79. The highest BCUT2D eigenvalue weighted by Crippen LogP contribution is 2.33. The molecule has 178 valence electrons. The van der Waals surface area contributed by atoms with Gasteiger partial charge in [-0.1, -0.05) is 28.6 Å². The van der Waals surface area contributed by atoms with Crippen LogP contribution in [0.3, 0.4) is 0 Å². The number of nitrogens with one attached hydrogen (secondary N) is 2. The molecule has 0 aliphatic heterocycles. The van der Waals surface area contributed by atoms with Crippen molar-refractivity contribution in [3.05, 3.63) is 59.9 Å². The number of benzene rings is 2. The number of carbonyl (C=O) groups is 2. The minimum Gasteiger partial charge on any atom is -0.490 e. The van der Waals surface area contributed by atoms with Gasteiger partial charge in [-0.15, -0.1) is 0 Å². The number of esters is 1. The maximum atomic E-state index is 12.1. The van der Waals surface area contributed by atoms with E-state index in [0.717, 1.165) is 10.2 Å². The lowest BCUT2D eigenvalue weighted by Gasteiger charge is -2.18. The Labute approximate surface area is 206 Å². The number of nitrogens with zero attached hydrogens (tertiary/aromatic N) is 3. The minimum atomic E-state index is -0.373. The predicted octanol–water partition coefficient (Wildman–Crippen LogP) is 4.13. The summed E-state index contributed by atoms with van der Waals surface area (Å²) in [4.78, 5) is 34.2. The van der Waals surface area contributed by atoms with Crippen molar-refractivity contribution in [1.82, 2.24) is 14.9 Å². The molecule has 0 radical (unpaired) electrons. The zero-order valence-corrected chi connectivity index (χ0v) is 20.6. The van der Waals surface area contributed by atoms with Crippen LogP contribution in [0.5, 0.6) is 5.75 Å². The number of hydrogen-bond donors (Lipinski definition) is 2. The van der Waals surface area contributed by atoms with E-state index >= 15 is 0 Å². The Bertz CT molecular complexity index is 1190. The summed E-state index contributed by atoms with van der Waals surface area (Å²) < 4.78 is 11.8. The summed E-state index contributed by atoms with van der Waals surface area (Å²) in [5, 5.41) is 6.76. The Morgan fingerprint density at radius 3 is 2.79 bits per heavy atom. The Hall–Kier alpha value is -3.50. The van der Waals surface area contributed by atoms with E-state index in [2.05, 4.69) is 43.1 Å². The highest BCUT2D eigenvalue weighted by atomic mass is 79.9. The second kappa shape index (κ2) is 12.1. The first kappa shape index (κ1) is 25.1. The maximum Gasteiger partial charge on any atom is 0.320 e. The van der Waals surface area contributed by atoms with Gasteiger partial charge in [-0.2, -0.15) is 0 Å². The highest BCUT2D eigenvalue weighted by molar-refractivity contribution is 9.10. The number of halogens is 1. The van der Waals surface area contributed by atoms with Crippen LogP contribution in [0.2, 0.25) is 0 Å². The predicted molar refractivity (Wildman–Crippen MR) is 135 cm³/mol. The summed E-state index contributed by atoms with van der Waals surface area (Å²) in [6.45, 7) is 6.54. The van der Waals surface area contributed by atoms with Crippen LogP contribution in [0.25, 0.3) is 10.9 Å². The lowest BCUT2D eigenvalue weighted by molar-refractivity contribution is -0.144. The number of hydrogen-bond acceptors (Lipinski definition) is 8. The molecule has 1 amide bonds. The fourth-order valence-corrected chi connectivity index (χ4v) is 3.50. The van der Waals surface area contributed by atoms with E-state index in [0.29, 0.717) is 41.3 Å². The van der Waals surface area contributed by atoms with Crippen molar-refractivity contribution in [1.29, 1.82) is 0 Å². The van der Waals surface area contributed by atoms with E-state index in [4.69, 9.17) is 9.47 Å². The van der Waals surface area contributed by atoms with Gasteiger partial charge < -0.3 is 20.1 Å². The molecule has 1 aromatic heterocycles. The van der Waals surface area contributed by atoms with Crippen LogP contribution in [0, 0.1) is 0 Å². The molecule has 3 rings (SSSR count). The summed E-state index contributed by atoms with van der Waals surface area (Å²) in [5.41, 5.74) is 1.94. The van der Waals surface area contributed by atoms with Gasteiger partial charge in [0.1, 0.15) is 24.5 Å². The molecule has 0 unspecified atom stereocenters. The molecule has 1 heterocycles. The molecule has 0 aliphatic carbocycles. The Morgan fingerprint density at radius 2 is 2.06 bits per heavy atom. The third kappa shape index (κ3) is 7.00. The number of carbonyl (C=O) groups excluding carboxylic acids is 2. The van der Waals surface area contributed by atoms with Crippen LogP contribution in [0.1, 0.15) is 6.92 Å². The van der Waals surface area contributed by atoms with Gasteiger partial charge in [0.15, 0.2) is 0 Å². The zero-order valence-electron chi connectivity index (χ0n) is 19.0. The number of anilines is 3. The van der Waals surface area contributed by atoms with Gasteiger partial charge in [-0.05, 0) is 44.3 Å². The normalized spacial score (nSPS) is 10.7. The van der Waals surface area contributed by atoms with Crippen molar-refractivity contribution >= 4 is 55.9 Å². The molecule has 10 heteroatoms. The molecule has 9 nitrogen and oxygen atoms in total. The van der Waals surface area contributed by atoms with Crippen molar-refractivity contribution < 1.29 is 19.1 Å². The third-order valence-electron chi connectivity index (χ3n) is 4.70. The van der Waals surface area contributed by atoms with E-state index < -0.39 is 0 Å². The molecule has 0 atom stereocenters. The molecule has 0 aliphatic rings. The lowest BCUT2D eigenvalue weighted by Crippen LogP contribution is -2.31. The SMILES string of the molecule is C=CC(=O)Nc1cc2c(Nc3cccc(Br)c3)ncnc2cc1OCCN(C)CC(=O)OCC. The van der Waals surface area contributed by atoms with Crippen LogP contribution >= 0.6 is 15.9 Å². The van der Waals surface area contributed by atoms with Crippen molar-refractivity contribution in [3.8, 4) is 5.75 Å². The van der Waals surface area contributed by atoms with Gasteiger partial charge in [0.2, 0.25) is 5.91 Å². The minimum absolute atomic E-state index is 0.160. The molecule has 34 heavy (non-hydrogen) atoms. The second-order valence-corrected chi connectivity index (χ2v) is 8.22. The number of fused-ring (bicyclic) bond motifs is 1. The molecular weight excluding hydrogens is 502 g/mol. The van der Waals surface area contributed by atoms with Crippen LogP contribution in [0.4, 0.5) is 17.2 Å². The Balaban J connectivity index is 1.84. The van der Waals surface area contributed by atoms with E-state index in [1.807, 2.05) is 24.3 Å². The Kier molecular flexibility index (Phi) is 8.94. The lowest BCUT2D eigenvalue weighted by atomic mass is 10.1. The summed E-state index contributed by atoms with van der Waals surface area (Å²) in [5.74, 6) is 0.357. The van der Waals surface area contributed by atoms with Crippen molar-refractivity contribution in [2.45, 2.75) is 6.92 Å². The standard InChI is InChI=1S/C24H26BrN5O4/c1-4-22(31)29-20-12-18-19(13-21(20)34-10-9-30(3)14-23(32)33-5-2)26-15-27-24(18)28-17-8-6-7-16(25)11-17/h4,6-8,11-13,15H,1,5,9-10,14H2,2-3H3,(H,29,31)(H,26,27,28). The Morgan fingerprint density at radius 1 is 1.24 bits per heavy atom. The second-order valence-electron chi connectivity index (χ2n) is 7.31. The van der Waals surface area contributed by atoms with Gasteiger partial charge >= 0.3 is 5.97 Å². The topological polar surface area (TPSA) is 106 Å². The molecule has 0 spiro atoms. The van der Waals surface area contributed by atoms with Crippen LogP contribution < -0.4 is 15.4 Å². The monoisotopic (exact) mass is 527 g/mol. The molecule has 0 saturated carbocycles. The van der Waals surface area contributed by atoms with Gasteiger partial charge in [0, 0.05) is 28.2 Å². The molecule has 2 aromatic carbocycles. The summed E-state index contributed by atoms with van der Waals surface area (Å²) >= 11 is 3.46. The largest absolute Gasteiger partial charge is 0.490 e. The highest BCUT2D eigenvalue weighted by Gasteiger charge is 2.14. The first-order chi connectivity index (χ1) is 16.4. The number of rotatable bonds is 11. The first-order valence-electron chi connectivity index (χ1n) is 10.6. The van der Waals surface area contributed by atoms with Gasteiger partial charge in [0.25, 0.3) is 0 Å². The van der Waals surface area contributed by atoms with E-state index in [9.17, 15) is 9.59 Å². The van der Waals surface area contributed by atoms with E-state index in [1.165, 1.54) is 12.4 Å². The molecule has 2 N–H and O–H groups in total. The fourth-order valence-electron chi connectivity index (χ4n) is 3.10. The molecule has 0 bridgehead atoms. The van der Waals surface area contributed by atoms with Gasteiger partial charge in [0.05, 0.1) is 24.4 Å². The first-order valence-corrected chi connectivity index (χ1v) is 11.4. The number of aromatic nitrogens is 2. The molecule has 0 saturated heterocycles. The number of ether oxygens (including phenoxy) is 2. The summed E-state index contributed by atoms with van der Waals surface area (Å²) in [6, 6.07) is 11.2. The number of likely N-dealkylation sites (N-methyl/N-ethyl adjacent to an activating group) is 1. The van der Waals surface area contributed by atoms with E-state index in [-0.39, 0.29) is 25.0 Å². The third-order valence-corrected chi connectivity index (χ3v) is 5.20. The quantitative estimate of drug-likeness (QED) is 0.283. The average molecular weight is 528 g/mol. The van der Waals surface area contributed by atoms with Crippen LogP contribution in [0.15, 0.2) is 59.9 Å². The van der Waals surface area contributed by atoms with E-state index in [1.54, 1.807) is 31.0 Å². The fraction of sp³-hybridized carbons (Fsp3) is 0.250. The van der Waals surface area contributed by atoms with Crippen molar-refractivity contribution in [2.24, 2.45) is 0 Å². The van der Waals surface area contributed by atoms with Gasteiger partial charge in [-0.25, -0.2) is 9.97 Å². The summed E-state index contributed by atoms with van der Waals surface area (Å²) in [7, 11) is 1.80. The molecular formula is C24H26BrN5O4. The van der Waals surface area contributed by atoms with Gasteiger partial charge in [-0.3, -0.25) is 14.5 Å². The zero-order chi connectivity index (χ0) is 24.5. The summed E-state index contributed by atoms with van der Waals surface area (Å²) in [6.07, 6.45) is 2.64. The van der Waals surface area contributed by atoms with Crippen molar-refractivity contribution in [3.63, 3.8) is 0 Å². The van der Waals surface area contributed by atoms with Crippen LogP contribution in [-0.2, 0) is 14.3 Å². The molecule has 0 fully saturated rings. The van der Waals surface area contributed by atoms with Crippen LogP contribution in [-0.4, -0.2) is 60.1 Å². The number of amides is 1. The smallest absolute Gasteiger partial charge is 0.320 e.